The van der Waals surface area contributed by atoms with Crippen LogP contribution in [0.25, 0.3) is 11.3 Å². The summed E-state index contributed by atoms with van der Waals surface area (Å²) in [4.78, 5) is 12.1. The summed E-state index contributed by atoms with van der Waals surface area (Å²) in [6.45, 7) is 8.12. The number of piperidine rings is 1. The zero-order chi connectivity index (χ0) is 18.4. The van der Waals surface area contributed by atoms with E-state index in [1.807, 2.05) is 0 Å². The Bertz CT molecular complexity index is 836. The number of nitrogens with zero attached hydrogens (tertiary/aromatic N) is 3. The minimum absolute atomic E-state index is 0.207. The Morgan fingerprint density at radius 3 is 2.63 bits per heavy atom. The van der Waals surface area contributed by atoms with Gasteiger partial charge in [-0.2, -0.15) is 0 Å². The van der Waals surface area contributed by atoms with Gasteiger partial charge in [0.25, 0.3) is 0 Å². The average Bonchev–Trinajstić information content (AvgIpc) is 2.68. The summed E-state index contributed by atoms with van der Waals surface area (Å²) >= 11 is 0. The SMILES string of the molecule is CC1CN(c2ncc3c(n2)-c2ccccc2C2(CCNCC2)C3)CC(C)O1. The fourth-order valence-electron chi connectivity index (χ4n) is 5.22. The van der Waals surface area contributed by atoms with Crippen LogP contribution in [0.1, 0.15) is 37.8 Å². The van der Waals surface area contributed by atoms with Gasteiger partial charge in [0.1, 0.15) is 0 Å². The molecule has 2 unspecified atom stereocenters. The van der Waals surface area contributed by atoms with Gasteiger partial charge in [-0.25, -0.2) is 9.97 Å². The normalized spacial score (nSPS) is 26.5. The second-order valence-electron chi connectivity index (χ2n) is 8.46. The van der Waals surface area contributed by atoms with Crippen LogP contribution < -0.4 is 10.2 Å². The van der Waals surface area contributed by atoms with Gasteiger partial charge in [0, 0.05) is 30.3 Å². The molecule has 2 aromatic rings. The third kappa shape index (κ3) is 2.93. The van der Waals surface area contributed by atoms with Gasteiger partial charge in [-0.1, -0.05) is 24.3 Å². The van der Waals surface area contributed by atoms with Crippen molar-refractivity contribution in [2.24, 2.45) is 0 Å². The van der Waals surface area contributed by atoms with Crippen LogP contribution in [-0.4, -0.2) is 48.4 Å². The Hall–Kier alpha value is -1.98. The molecule has 142 valence electrons. The Labute approximate surface area is 161 Å². The van der Waals surface area contributed by atoms with Gasteiger partial charge < -0.3 is 15.0 Å². The molecule has 5 nitrogen and oxygen atoms in total. The maximum atomic E-state index is 5.88. The number of rotatable bonds is 1. The zero-order valence-electron chi connectivity index (χ0n) is 16.2. The van der Waals surface area contributed by atoms with E-state index in [0.29, 0.717) is 0 Å². The van der Waals surface area contributed by atoms with Crippen molar-refractivity contribution in [2.45, 2.75) is 50.7 Å². The molecule has 5 rings (SSSR count). The van der Waals surface area contributed by atoms with Gasteiger partial charge in [0.05, 0.1) is 17.9 Å². The lowest BCUT2D eigenvalue weighted by atomic mass is 9.64. The van der Waals surface area contributed by atoms with Crippen LogP contribution in [0.2, 0.25) is 0 Å². The predicted octanol–water partition coefficient (Wildman–Crippen LogP) is 2.93. The summed E-state index contributed by atoms with van der Waals surface area (Å²) < 4.78 is 5.88. The van der Waals surface area contributed by atoms with E-state index in [4.69, 9.17) is 14.7 Å². The van der Waals surface area contributed by atoms with Crippen molar-refractivity contribution >= 4 is 5.95 Å². The first kappa shape index (κ1) is 17.1. The van der Waals surface area contributed by atoms with Crippen molar-refractivity contribution in [1.29, 1.82) is 0 Å². The van der Waals surface area contributed by atoms with E-state index in [0.717, 1.165) is 44.2 Å². The molecule has 0 saturated carbocycles. The number of nitrogens with one attached hydrogen (secondary N) is 1. The molecule has 1 aromatic carbocycles. The summed E-state index contributed by atoms with van der Waals surface area (Å²) in [7, 11) is 0. The third-order valence-electron chi connectivity index (χ3n) is 6.40. The number of benzene rings is 1. The lowest BCUT2D eigenvalue weighted by molar-refractivity contribution is -0.00571. The fourth-order valence-corrected chi connectivity index (χ4v) is 5.22. The highest BCUT2D eigenvalue weighted by Gasteiger charge is 2.40. The first-order chi connectivity index (χ1) is 13.1. The van der Waals surface area contributed by atoms with Crippen LogP contribution in [0.15, 0.2) is 30.5 Å². The number of fused-ring (bicyclic) bond motifs is 4. The first-order valence-corrected chi connectivity index (χ1v) is 10.2. The lowest BCUT2D eigenvalue weighted by Gasteiger charge is -2.43. The van der Waals surface area contributed by atoms with Crippen molar-refractivity contribution in [3.63, 3.8) is 0 Å². The van der Waals surface area contributed by atoms with Gasteiger partial charge in [-0.15, -0.1) is 0 Å². The van der Waals surface area contributed by atoms with E-state index in [2.05, 4.69) is 54.5 Å². The molecule has 0 amide bonds. The molecule has 5 heteroatoms. The van der Waals surface area contributed by atoms with Crippen LogP contribution in [-0.2, 0) is 16.6 Å². The molecule has 3 heterocycles. The minimum atomic E-state index is 0.207. The topological polar surface area (TPSA) is 50.3 Å². The third-order valence-corrected chi connectivity index (χ3v) is 6.40. The molecule has 3 aliphatic rings. The quantitative estimate of drug-likeness (QED) is 0.843. The number of hydrogen-bond acceptors (Lipinski definition) is 5. The number of hydrogen-bond donors (Lipinski definition) is 1. The summed E-state index contributed by atoms with van der Waals surface area (Å²) in [6, 6.07) is 8.90. The molecule has 2 saturated heterocycles. The largest absolute Gasteiger partial charge is 0.372 e. The summed E-state index contributed by atoms with van der Waals surface area (Å²) in [6.07, 6.45) is 5.92. The predicted molar refractivity (Wildman–Crippen MR) is 107 cm³/mol. The van der Waals surface area contributed by atoms with Crippen molar-refractivity contribution in [2.75, 3.05) is 31.1 Å². The Kier molecular flexibility index (Phi) is 4.17. The number of anilines is 1. The maximum absolute atomic E-state index is 5.88. The van der Waals surface area contributed by atoms with Gasteiger partial charge in [-0.3, -0.25) is 0 Å². The van der Waals surface area contributed by atoms with Gasteiger partial charge in [-0.05, 0) is 57.3 Å². The summed E-state index contributed by atoms with van der Waals surface area (Å²) in [5.74, 6) is 0.840. The molecule has 0 bridgehead atoms. The van der Waals surface area contributed by atoms with Gasteiger partial charge >= 0.3 is 0 Å². The highest BCUT2D eigenvalue weighted by molar-refractivity contribution is 5.72. The lowest BCUT2D eigenvalue weighted by Crippen LogP contribution is -2.46. The molecule has 2 atom stereocenters. The molecule has 1 N–H and O–H groups in total. The Balaban J connectivity index is 1.56. The van der Waals surface area contributed by atoms with Crippen molar-refractivity contribution in [3.8, 4) is 11.3 Å². The number of aromatic nitrogens is 2. The number of ether oxygens (including phenoxy) is 1. The first-order valence-electron chi connectivity index (χ1n) is 10.2. The van der Waals surface area contributed by atoms with Gasteiger partial charge in [0.2, 0.25) is 5.95 Å². The smallest absolute Gasteiger partial charge is 0.226 e. The molecular formula is C22H28N4O. The monoisotopic (exact) mass is 364 g/mol. The van der Waals surface area contributed by atoms with Crippen LogP contribution >= 0.6 is 0 Å². The summed E-state index contributed by atoms with van der Waals surface area (Å²) in [5.41, 5.74) is 5.45. The molecular weight excluding hydrogens is 336 g/mol. The second kappa shape index (κ2) is 6.57. The molecule has 2 fully saturated rings. The average molecular weight is 364 g/mol. The Morgan fingerprint density at radius 2 is 1.85 bits per heavy atom. The highest BCUT2D eigenvalue weighted by Crippen LogP contribution is 2.47. The number of morpholine rings is 1. The Morgan fingerprint density at radius 1 is 1.11 bits per heavy atom. The van der Waals surface area contributed by atoms with Crippen molar-refractivity contribution in [3.05, 3.63) is 41.6 Å². The molecule has 27 heavy (non-hydrogen) atoms. The van der Waals surface area contributed by atoms with Crippen LogP contribution in [0.5, 0.6) is 0 Å². The molecule has 1 aromatic heterocycles. The molecule has 1 aliphatic carbocycles. The van der Waals surface area contributed by atoms with E-state index in [-0.39, 0.29) is 17.6 Å². The molecule has 2 aliphatic heterocycles. The summed E-state index contributed by atoms with van der Waals surface area (Å²) in [5, 5.41) is 3.52. The van der Waals surface area contributed by atoms with Crippen LogP contribution in [0.4, 0.5) is 5.95 Å². The van der Waals surface area contributed by atoms with E-state index < -0.39 is 0 Å². The molecule has 0 radical (unpaired) electrons. The van der Waals surface area contributed by atoms with E-state index in [1.165, 1.54) is 29.5 Å². The van der Waals surface area contributed by atoms with E-state index in [9.17, 15) is 0 Å². The fraction of sp³-hybridized carbons (Fsp3) is 0.545. The molecule has 1 spiro atoms. The van der Waals surface area contributed by atoms with Gasteiger partial charge in [0.15, 0.2) is 0 Å². The highest BCUT2D eigenvalue weighted by atomic mass is 16.5. The standard InChI is InChI=1S/C22H28N4O/c1-15-13-26(14-16(2)27-15)21-24-12-17-11-22(7-9-23-10-8-22)19-6-4-3-5-18(19)20(17)25-21/h3-6,12,15-16,23H,7-11,13-14H2,1-2H3. The van der Waals surface area contributed by atoms with E-state index >= 15 is 0 Å². The van der Waals surface area contributed by atoms with Crippen molar-refractivity contribution in [1.82, 2.24) is 15.3 Å². The maximum Gasteiger partial charge on any atom is 0.226 e. The van der Waals surface area contributed by atoms with E-state index in [1.54, 1.807) is 0 Å². The minimum Gasteiger partial charge on any atom is -0.372 e. The van der Waals surface area contributed by atoms with Crippen LogP contribution in [0.3, 0.4) is 0 Å². The van der Waals surface area contributed by atoms with Crippen LogP contribution in [0, 0.1) is 0 Å². The van der Waals surface area contributed by atoms with Crippen molar-refractivity contribution < 1.29 is 4.74 Å². The second-order valence-corrected chi connectivity index (χ2v) is 8.46. The zero-order valence-corrected chi connectivity index (χ0v) is 16.2.